The van der Waals surface area contributed by atoms with Gasteiger partial charge in [0.1, 0.15) is 0 Å². The van der Waals surface area contributed by atoms with Crippen LogP contribution in [0.5, 0.6) is 0 Å². The summed E-state index contributed by atoms with van der Waals surface area (Å²) >= 11 is 0. The van der Waals surface area contributed by atoms with Gasteiger partial charge in [0, 0.05) is 19.1 Å². The number of rotatable bonds is 7. The molecule has 0 saturated carbocycles. The molecule has 0 aliphatic carbocycles. The predicted octanol–water partition coefficient (Wildman–Crippen LogP) is 0.607. The van der Waals surface area contributed by atoms with E-state index in [0.29, 0.717) is 6.04 Å². The Morgan fingerprint density at radius 2 is 1.77 bits per heavy atom. The Morgan fingerprint density at radius 3 is 2.15 bits per heavy atom. The highest BCUT2D eigenvalue weighted by atomic mass is 15.2. The third kappa shape index (κ3) is 8.22. The van der Waals surface area contributed by atoms with Gasteiger partial charge >= 0.3 is 0 Å². The summed E-state index contributed by atoms with van der Waals surface area (Å²) in [5.74, 6) is 0. The number of nitrogens with zero attached hydrogens (tertiary/aromatic N) is 2. The lowest BCUT2D eigenvalue weighted by Gasteiger charge is -2.23. The van der Waals surface area contributed by atoms with E-state index >= 15 is 0 Å². The van der Waals surface area contributed by atoms with Gasteiger partial charge in [-0.2, -0.15) is 0 Å². The van der Waals surface area contributed by atoms with E-state index in [2.05, 4.69) is 37.7 Å². The first-order valence-corrected chi connectivity index (χ1v) is 5.19. The van der Waals surface area contributed by atoms with E-state index in [1.807, 2.05) is 0 Å². The quantitative estimate of drug-likeness (QED) is 0.634. The average molecular weight is 187 g/mol. The standard InChI is InChI=1S/C10H25N3/c1-5-13(7-6-10(2)11)9-8-12(3)4/h10H,5-9,11H2,1-4H3. The lowest BCUT2D eigenvalue weighted by molar-refractivity contribution is 0.244. The molecule has 0 aromatic carbocycles. The summed E-state index contributed by atoms with van der Waals surface area (Å²) in [6, 6.07) is 0.327. The normalized spacial score (nSPS) is 14.1. The minimum absolute atomic E-state index is 0.327. The van der Waals surface area contributed by atoms with E-state index in [-0.39, 0.29) is 0 Å². The van der Waals surface area contributed by atoms with Crippen molar-refractivity contribution in [1.82, 2.24) is 9.80 Å². The highest BCUT2D eigenvalue weighted by Gasteiger charge is 2.03. The second-order valence-electron chi connectivity index (χ2n) is 4.00. The molecule has 0 aliphatic heterocycles. The maximum absolute atomic E-state index is 5.71. The van der Waals surface area contributed by atoms with E-state index in [9.17, 15) is 0 Å². The Hall–Kier alpha value is -0.120. The molecule has 0 aromatic rings. The number of likely N-dealkylation sites (N-methyl/N-ethyl adjacent to an activating group) is 2. The first kappa shape index (κ1) is 12.9. The van der Waals surface area contributed by atoms with Crippen LogP contribution in [0.4, 0.5) is 0 Å². The van der Waals surface area contributed by atoms with Gasteiger partial charge in [0.05, 0.1) is 0 Å². The molecule has 0 aromatic heterocycles. The molecule has 80 valence electrons. The van der Waals surface area contributed by atoms with Gasteiger partial charge in [0.15, 0.2) is 0 Å². The van der Waals surface area contributed by atoms with Gasteiger partial charge in [-0.1, -0.05) is 6.92 Å². The molecule has 1 unspecified atom stereocenters. The van der Waals surface area contributed by atoms with Crippen LogP contribution in [-0.2, 0) is 0 Å². The molecule has 3 nitrogen and oxygen atoms in total. The second-order valence-corrected chi connectivity index (χ2v) is 4.00. The Bertz CT molecular complexity index is 101. The van der Waals surface area contributed by atoms with Crippen LogP contribution in [-0.4, -0.2) is 56.1 Å². The van der Waals surface area contributed by atoms with Gasteiger partial charge in [-0.3, -0.25) is 0 Å². The fourth-order valence-electron chi connectivity index (χ4n) is 1.16. The van der Waals surface area contributed by atoms with Crippen molar-refractivity contribution in [2.24, 2.45) is 5.73 Å². The van der Waals surface area contributed by atoms with Gasteiger partial charge in [0.2, 0.25) is 0 Å². The Morgan fingerprint density at radius 1 is 1.15 bits per heavy atom. The van der Waals surface area contributed by atoms with Crippen LogP contribution < -0.4 is 5.73 Å². The van der Waals surface area contributed by atoms with E-state index < -0.39 is 0 Å². The van der Waals surface area contributed by atoms with E-state index in [1.165, 1.54) is 0 Å². The molecule has 13 heavy (non-hydrogen) atoms. The summed E-state index contributed by atoms with van der Waals surface area (Å²) in [6.45, 7) is 8.81. The molecule has 1 atom stereocenters. The Kier molecular flexibility index (Phi) is 7.23. The van der Waals surface area contributed by atoms with Gasteiger partial charge in [-0.05, 0) is 40.5 Å². The summed E-state index contributed by atoms with van der Waals surface area (Å²) in [5.41, 5.74) is 5.71. The van der Waals surface area contributed by atoms with Crippen molar-refractivity contribution in [3.8, 4) is 0 Å². The van der Waals surface area contributed by atoms with Crippen LogP contribution >= 0.6 is 0 Å². The van der Waals surface area contributed by atoms with Crippen LogP contribution in [0.1, 0.15) is 20.3 Å². The maximum Gasteiger partial charge on any atom is 0.0109 e. The summed E-state index contributed by atoms with van der Waals surface area (Å²) in [6.07, 6.45) is 1.10. The first-order chi connectivity index (χ1) is 6.06. The molecule has 0 spiro atoms. The Balaban J connectivity index is 3.51. The summed E-state index contributed by atoms with van der Waals surface area (Å²) in [7, 11) is 4.22. The molecular formula is C10H25N3. The molecule has 3 heteroatoms. The molecule has 0 saturated heterocycles. The fourth-order valence-corrected chi connectivity index (χ4v) is 1.16. The predicted molar refractivity (Wildman–Crippen MR) is 58.9 cm³/mol. The molecule has 0 fully saturated rings. The van der Waals surface area contributed by atoms with Crippen LogP contribution in [0.25, 0.3) is 0 Å². The molecule has 0 bridgehead atoms. The minimum atomic E-state index is 0.327. The van der Waals surface area contributed by atoms with Crippen molar-refractivity contribution >= 4 is 0 Å². The van der Waals surface area contributed by atoms with Crippen molar-refractivity contribution in [2.45, 2.75) is 26.3 Å². The van der Waals surface area contributed by atoms with Crippen molar-refractivity contribution in [3.63, 3.8) is 0 Å². The Labute approximate surface area is 82.9 Å². The van der Waals surface area contributed by atoms with Crippen molar-refractivity contribution in [3.05, 3.63) is 0 Å². The largest absolute Gasteiger partial charge is 0.328 e. The summed E-state index contributed by atoms with van der Waals surface area (Å²) in [5, 5.41) is 0. The molecule has 0 radical (unpaired) electrons. The minimum Gasteiger partial charge on any atom is -0.328 e. The van der Waals surface area contributed by atoms with Gasteiger partial charge < -0.3 is 15.5 Å². The zero-order valence-electron chi connectivity index (χ0n) is 9.58. The second kappa shape index (κ2) is 7.30. The molecular weight excluding hydrogens is 162 g/mol. The lowest BCUT2D eigenvalue weighted by atomic mass is 10.2. The molecule has 2 N–H and O–H groups in total. The number of nitrogens with two attached hydrogens (primary N) is 1. The van der Waals surface area contributed by atoms with Crippen molar-refractivity contribution in [1.29, 1.82) is 0 Å². The zero-order valence-corrected chi connectivity index (χ0v) is 9.58. The van der Waals surface area contributed by atoms with Crippen molar-refractivity contribution < 1.29 is 0 Å². The smallest absolute Gasteiger partial charge is 0.0109 e. The number of hydrogen-bond acceptors (Lipinski definition) is 3. The summed E-state index contributed by atoms with van der Waals surface area (Å²) in [4.78, 5) is 4.66. The number of hydrogen-bond donors (Lipinski definition) is 1. The SMILES string of the molecule is CCN(CCC(C)N)CCN(C)C. The van der Waals surface area contributed by atoms with Gasteiger partial charge in [-0.15, -0.1) is 0 Å². The fraction of sp³-hybridized carbons (Fsp3) is 1.00. The highest BCUT2D eigenvalue weighted by Crippen LogP contribution is 1.94. The molecule has 0 rings (SSSR count). The van der Waals surface area contributed by atoms with Crippen LogP contribution in [0, 0.1) is 0 Å². The summed E-state index contributed by atoms with van der Waals surface area (Å²) < 4.78 is 0. The molecule has 0 amide bonds. The van der Waals surface area contributed by atoms with Crippen molar-refractivity contribution in [2.75, 3.05) is 40.3 Å². The third-order valence-electron chi connectivity index (χ3n) is 2.21. The van der Waals surface area contributed by atoms with Gasteiger partial charge in [0.25, 0.3) is 0 Å². The highest BCUT2D eigenvalue weighted by molar-refractivity contribution is 4.61. The van der Waals surface area contributed by atoms with E-state index in [0.717, 1.165) is 32.6 Å². The maximum atomic E-state index is 5.71. The van der Waals surface area contributed by atoms with Gasteiger partial charge in [-0.25, -0.2) is 0 Å². The van der Waals surface area contributed by atoms with Crippen LogP contribution in [0.2, 0.25) is 0 Å². The van der Waals surface area contributed by atoms with E-state index in [1.54, 1.807) is 0 Å². The zero-order chi connectivity index (χ0) is 10.3. The van der Waals surface area contributed by atoms with E-state index in [4.69, 9.17) is 5.73 Å². The molecule has 0 heterocycles. The third-order valence-corrected chi connectivity index (χ3v) is 2.21. The lowest BCUT2D eigenvalue weighted by Crippen LogP contribution is -2.34. The van der Waals surface area contributed by atoms with Crippen LogP contribution in [0.15, 0.2) is 0 Å². The topological polar surface area (TPSA) is 32.5 Å². The average Bonchev–Trinajstić information content (AvgIpc) is 2.04. The van der Waals surface area contributed by atoms with Crippen LogP contribution in [0.3, 0.4) is 0 Å². The first-order valence-electron chi connectivity index (χ1n) is 5.19. The monoisotopic (exact) mass is 187 g/mol. The molecule has 0 aliphatic rings.